The van der Waals surface area contributed by atoms with Crippen LogP contribution in [-0.2, 0) is 0 Å². The van der Waals surface area contributed by atoms with Crippen LogP contribution in [0, 0.1) is 5.82 Å². The number of fused-ring (bicyclic) bond motifs is 1. The molecule has 0 amide bonds. The van der Waals surface area contributed by atoms with Crippen molar-refractivity contribution in [2.45, 2.75) is 0 Å². The number of hydrogen-bond donors (Lipinski definition) is 1. The minimum absolute atomic E-state index is 0.299. The molecule has 1 heterocycles. The Hall–Kier alpha value is -2.27. The highest BCUT2D eigenvalue weighted by atomic mass is 35.5. The molecule has 0 aliphatic heterocycles. The molecule has 108 valence electrons. The second kappa shape index (κ2) is 5.26. The largest absolute Gasteiger partial charge is 0.493 e. The number of H-pyrrole nitrogens is 1. The SMILES string of the molecule is COc1cc2nc(-c3ccc(F)cc3Cl)[nH]c2cc1OC. The van der Waals surface area contributed by atoms with Gasteiger partial charge in [0, 0.05) is 17.7 Å². The molecule has 0 aliphatic carbocycles. The van der Waals surface area contributed by atoms with E-state index in [0.717, 1.165) is 5.52 Å². The molecule has 0 radical (unpaired) electrons. The van der Waals surface area contributed by atoms with Gasteiger partial charge >= 0.3 is 0 Å². The molecule has 3 aromatic rings. The Labute approximate surface area is 125 Å². The van der Waals surface area contributed by atoms with Gasteiger partial charge in [0.05, 0.1) is 30.3 Å². The molecule has 2 aromatic carbocycles. The molecule has 0 bridgehead atoms. The number of hydrogen-bond acceptors (Lipinski definition) is 3. The van der Waals surface area contributed by atoms with E-state index in [1.54, 1.807) is 32.4 Å². The molecule has 0 spiro atoms. The van der Waals surface area contributed by atoms with Gasteiger partial charge in [-0.25, -0.2) is 9.37 Å². The number of nitrogens with zero attached hydrogens (tertiary/aromatic N) is 1. The van der Waals surface area contributed by atoms with Crippen LogP contribution in [0.25, 0.3) is 22.4 Å². The molecule has 0 atom stereocenters. The molecule has 3 rings (SSSR count). The van der Waals surface area contributed by atoms with E-state index in [1.165, 1.54) is 12.1 Å². The number of aromatic amines is 1. The van der Waals surface area contributed by atoms with E-state index >= 15 is 0 Å². The van der Waals surface area contributed by atoms with Crippen LogP contribution in [0.2, 0.25) is 5.02 Å². The van der Waals surface area contributed by atoms with Crippen molar-refractivity contribution in [3.05, 3.63) is 41.2 Å². The molecule has 0 fully saturated rings. The maximum atomic E-state index is 13.1. The van der Waals surface area contributed by atoms with Crippen molar-refractivity contribution in [1.82, 2.24) is 9.97 Å². The fraction of sp³-hybridized carbons (Fsp3) is 0.133. The third kappa shape index (κ3) is 2.40. The van der Waals surface area contributed by atoms with E-state index in [2.05, 4.69) is 9.97 Å². The first-order chi connectivity index (χ1) is 10.1. The van der Waals surface area contributed by atoms with Gasteiger partial charge in [0.15, 0.2) is 11.5 Å². The Morgan fingerprint density at radius 2 is 1.81 bits per heavy atom. The summed E-state index contributed by atoms with van der Waals surface area (Å²) in [6.07, 6.45) is 0. The predicted molar refractivity (Wildman–Crippen MR) is 79.6 cm³/mol. The number of halogens is 2. The van der Waals surface area contributed by atoms with E-state index in [-0.39, 0.29) is 5.82 Å². The fourth-order valence-electron chi connectivity index (χ4n) is 2.15. The minimum atomic E-state index is -0.386. The molecule has 0 saturated carbocycles. The molecule has 4 nitrogen and oxygen atoms in total. The van der Waals surface area contributed by atoms with Crippen LogP contribution in [-0.4, -0.2) is 24.2 Å². The van der Waals surface area contributed by atoms with Gasteiger partial charge in [-0.05, 0) is 18.2 Å². The third-order valence-corrected chi connectivity index (χ3v) is 3.49. The van der Waals surface area contributed by atoms with Crippen LogP contribution < -0.4 is 9.47 Å². The van der Waals surface area contributed by atoms with Gasteiger partial charge in [-0.3, -0.25) is 0 Å². The van der Waals surface area contributed by atoms with Crippen LogP contribution in [0.5, 0.6) is 11.5 Å². The summed E-state index contributed by atoms with van der Waals surface area (Å²) in [5.74, 6) is 1.37. The van der Waals surface area contributed by atoms with Crippen LogP contribution in [0.1, 0.15) is 0 Å². The summed E-state index contributed by atoms with van der Waals surface area (Å²) in [5, 5.41) is 0.299. The van der Waals surface area contributed by atoms with Crippen molar-refractivity contribution in [3.8, 4) is 22.9 Å². The first-order valence-electron chi connectivity index (χ1n) is 6.19. The lowest BCUT2D eigenvalue weighted by molar-refractivity contribution is 0.356. The fourth-order valence-corrected chi connectivity index (χ4v) is 2.40. The number of benzene rings is 2. The minimum Gasteiger partial charge on any atom is -0.493 e. The number of aromatic nitrogens is 2. The van der Waals surface area contributed by atoms with E-state index in [4.69, 9.17) is 21.1 Å². The van der Waals surface area contributed by atoms with E-state index in [9.17, 15) is 4.39 Å². The highest BCUT2D eigenvalue weighted by Crippen LogP contribution is 2.34. The first-order valence-corrected chi connectivity index (χ1v) is 6.57. The van der Waals surface area contributed by atoms with Gasteiger partial charge < -0.3 is 14.5 Å². The average Bonchev–Trinajstić information content (AvgIpc) is 2.87. The summed E-state index contributed by atoms with van der Waals surface area (Å²) in [4.78, 5) is 7.60. The maximum Gasteiger partial charge on any atom is 0.163 e. The highest BCUT2D eigenvalue weighted by molar-refractivity contribution is 6.33. The first kappa shape index (κ1) is 13.7. The molecule has 6 heteroatoms. The van der Waals surface area contributed by atoms with Gasteiger partial charge in [0.1, 0.15) is 11.6 Å². The zero-order valence-electron chi connectivity index (χ0n) is 11.4. The van der Waals surface area contributed by atoms with Crippen LogP contribution >= 0.6 is 11.6 Å². The van der Waals surface area contributed by atoms with Gasteiger partial charge in [-0.15, -0.1) is 0 Å². The summed E-state index contributed by atoms with van der Waals surface area (Å²) in [5.41, 5.74) is 2.12. The normalized spacial score (nSPS) is 10.9. The van der Waals surface area contributed by atoms with Gasteiger partial charge in [-0.1, -0.05) is 11.6 Å². The monoisotopic (exact) mass is 306 g/mol. The zero-order chi connectivity index (χ0) is 15.0. The van der Waals surface area contributed by atoms with E-state index in [0.29, 0.717) is 33.4 Å². The Bertz CT molecular complexity index is 776. The van der Waals surface area contributed by atoms with Crippen LogP contribution in [0.15, 0.2) is 30.3 Å². The lowest BCUT2D eigenvalue weighted by Crippen LogP contribution is -1.89. The molecule has 1 aromatic heterocycles. The van der Waals surface area contributed by atoms with Crippen molar-refractivity contribution < 1.29 is 13.9 Å². The van der Waals surface area contributed by atoms with Gasteiger partial charge in [0.25, 0.3) is 0 Å². The van der Waals surface area contributed by atoms with Crippen LogP contribution in [0.4, 0.5) is 4.39 Å². The number of rotatable bonds is 3. The third-order valence-electron chi connectivity index (χ3n) is 3.17. The molecule has 21 heavy (non-hydrogen) atoms. The smallest absolute Gasteiger partial charge is 0.163 e. The predicted octanol–water partition coefficient (Wildman–Crippen LogP) is 4.04. The van der Waals surface area contributed by atoms with Crippen molar-refractivity contribution in [2.75, 3.05) is 14.2 Å². The summed E-state index contributed by atoms with van der Waals surface area (Å²) < 4.78 is 23.6. The number of imidazole rings is 1. The molecule has 0 aliphatic rings. The zero-order valence-corrected chi connectivity index (χ0v) is 12.2. The van der Waals surface area contributed by atoms with Crippen molar-refractivity contribution in [3.63, 3.8) is 0 Å². The summed E-state index contributed by atoms with van der Waals surface area (Å²) in [7, 11) is 3.13. The van der Waals surface area contributed by atoms with E-state index in [1.807, 2.05) is 0 Å². The Morgan fingerprint density at radius 3 is 2.48 bits per heavy atom. The van der Waals surface area contributed by atoms with Gasteiger partial charge in [0.2, 0.25) is 0 Å². The molecular formula is C15H12ClFN2O2. The van der Waals surface area contributed by atoms with Crippen LogP contribution in [0.3, 0.4) is 0 Å². The lowest BCUT2D eigenvalue weighted by atomic mass is 10.2. The Kier molecular flexibility index (Phi) is 3.43. The molecule has 1 N–H and O–H groups in total. The van der Waals surface area contributed by atoms with Crippen molar-refractivity contribution in [1.29, 1.82) is 0 Å². The second-order valence-electron chi connectivity index (χ2n) is 4.43. The quantitative estimate of drug-likeness (QED) is 0.794. The molecule has 0 unspecified atom stereocenters. The summed E-state index contributed by atoms with van der Waals surface area (Å²) >= 11 is 6.06. The van der Waals surface area contributed by atoms with Crippen molar-refractivity contribution in [2.24, 2.45) is 0 Å². The topological polar surface area (TPSA) is 47.1 Å². The Morgan fingerprint density at radius 1 is 1.10 bits per heavy atom. The standard InChI is InChI=1S/C15H12ClFN2O2/c1-20-13-6-11-12(7-14(13)21-2)19-15(18-11)9-4-3-8(17)5-10(9)16/h3-7H,1-2H3,(H,18,19). The van der Waals surface area contributed by atoms with Crippen molar-refractivity contribution >= 4 is 22.6 Å². The molecular weight excluding hydrogens is 295 g/mol. The maximum absolute atomic E-state index is 13.1. The van der Waals surface area contributed by atoms with Gasteiger partial charge in [-0.2, -0.15) is 0 Å². The average molecular weight is 307 g/mol. The number of nitrogens with one attached hydrogen (secondary N) is 1. The van der Waals surface area contributed by atoms with E-state index < -0.39 is 0 Å². The Balaban J connectivity index is 2.16. The second-order valence-corrected chi connectivity index (χ2v) is 4.84. The summed E-state index contributed by atoms with van der Waals surface area (Å²) in [6, 6.07) is 7.75. The number of methoxy groups -OCH3 is 2. The number of ether oxygens (including phenoxy) is 2. The lowest BCUT2D eigenvalue weighted by Gasteiger charge is -2.06. The molecule has 0 saturated heterocycles. The highest BCUT2D eigenvalue weighted by Gasteiger charge is 2.13. The summed E-state index contributed by atoms with van der Waals surface area (Å²) in [6.45, 7) is 0.